The van der Waals surface area contributed by atoms with E-state index in [-0.39, 0.29) is 18.5 Å². The molecule has 1 aromatic heterocycles. The lowest BCUT2D eigenvalue weighted by molar-refractivity contribution is -0.130. The first-order valence-electron chi connectivity index (χ1n) is 8.51. The molecule has 0 fully saturated rings. The second-order valence-corrected chi connectivity index (χ2v) is 6.59. The van der Waals surface area contributed by atoms with Gasteiger partial charge < -0.3 is 20.6 Å². The summed E-state index contributed by atoms with van der Waals surface area (Å²) in [5, 5.41) is 14.1. The highest BCUT2D eigenvalue weighted by atomic mass is 16.4. The van der Waals surface area contributed by atoms with Gasteiger partial charge in [-0.1, -0.05) is 24.3 Å². The van der Waals surface area contributed by atoms with Gasteiger partial charge in [-0.3, -0.25) is 4.79 Å². The molecule has 8 heteroatoms. The fourth-order valence-electron chi connectivity index (χ4n) is 3.51. The van der Waals surface area contributed by atoms with Gasteiger partial charge in [0.15, 0.2) is 0 Å². The van der Waals surface area contributed by atoms with Crippen LogP contribution in [0.2, 0.25) is 0 Å². The Bertz CT molecular complexity index is 845. The van der Waals surface area contributed by atoms with Gasteiger partial charge in [0.05, 0.1) is 12.2 Å². The lowest BCUT2D eigenvalue weighted by atomic mass is 10.1. The number of hydrogen-bond acceptors (Lipinski definition) is 5. The summed E-state index contributed by atoms with van der Waals surface area (Å²) in [6, 6.07) is 8.67. The van der Waals surface area contributed by atoms with E-state index in [0.717, 1.165) is 24.1 Å². The van der Waals surface area contributed by atoms with Gasteiger partial charge in [0.25, 0.3) is 0 Å². The Morgan fingerprint density at radius 2 is 1.88 bits per heavy atom. The van der Waals surface area contributed by atoms with Crippen molar-refractivity contribution in [3.05, 3.63) is 52.8 Å². The van der Waals surface area contributed by atoms with Crippen molar-refractivity contribution in [3.63, 3.8) is 0 Å². The van der Waals surface area contributed by atoms with E-state index in [4.69, 9.17) is 5.11 Å². The van der Waals surface area contributed by atoms with Crippen LogP contribution in [0.4, 0.5) is 10.7 Å². The van der Waals surface area contributed by atoms with Crippen molar-refractivity contribution >= 4 is 17.9 Å². The molecule has 26 heavy (non-hydrogen) atoms. The Morgan fingerprint density at radius 1 is 1.15 bits per heavy atom. The second kappa shape index (κ2) is 6.62. The largest absolute Gasteiger partial charge is 0.465 e. The molecule has 2 aliphatic rings. The fourth-order valence-corrected chi connectivity index (χ4v) is 3.51. The standard InChI is InChI=1S/C18H19N5O3/c24-16(8-20-18(25)26)23-9-13-7-19-17(22-15(13)10-23)21-14-5-11-3-1-2-4-12(11)6-14/h1-4,7,14,20H,5-6,8-10H2,(H,25,26)(H,19,21,22). The van der Waals surface area contributed by atoms with E-state index >= 15 is 0 Å². The number of benzene rings is 1. The summed E-state index contributed by atoms with van der Waals surface area (Å²) in [5.74, 6) is 0.297. The summed E-state index contributed by atoms with van der Waals surface area (Å²) in [6.07, 6.45) is 2.42. The van der Waals surface area contributed by atoms with Gasteiger partial charge in [-0.2, -0.15) is 0 Å². The zero-order valence-electron chi connectivity index (χ0n) is 14.1. The SMILES string of the molecule is O=C(O)NCC(=O)N1Cc2cnc(NC3Cc4ccccc4C3)nc2C1. The molecule has 1 aliphatic carbocycles. The fraction of sp³-hybridized carbons (Fsp3) is 0.333. The zero-order chi connectivity index (χ0) is 18.1. The third-order valence-electron chi connectivity index (χ3n) is 4.78. The predicted molar refractivity (Wildman–Crippen MR) is 93.6 cm³/mol. The third kappa shape index (κ3) is 3.30. The molecule has 1 aliphatic heterocycles. The van der Waals surface area contributed by atoms with Crippen LogP contribution >= 0.6 is 0 Å². The average molecular weight is 353 g/mol. The molecule has 0 saturated heterocycles. The van der Waals surface area contributed by atoms with Crippen LogP contribution in [0.3, 0.4) is 0 Å². The van der Waals surface area contributed by atoms with E-state index < -0.39 is 6.09 Å². The smallest absolute Gasteiger partial charge is 0.405 e. The summed E-state index contributed by atoms with van der Waals surface area (Å²) in [4.78, 5) is 33.1. The number of rotatable bonds is 4. The second-order valence-electron chi connectivity index (χ2n) is 6.59. The van der Waals surface area contributed by atoms with Crippen LogP contribution in [0.1, 0.15) is 22.4 Å². The molecule has 3 N–H and O–H groups in total. The number of anilines is 1. The molecule has 0 saturated carbocycles. The molecule has 0 atom stereocenters. The molecular formula is C18H19N5O3. The Labute approximate surface area is 150 Å². The summed E-state index contributed by atoms with van der Waals surface area (Å²) in [7, 11) is 0. The maximum Gasteiger partial charge on any atom is 0.405 e. The van der Waals surface area contributed by atoms with Crippen molar-refractivity contribution in [1.82, 2.24) is 20.2 Å². The highest BCUT2D eigenvalue weighted by molar-refractivity contribution is 5.82. The zero-order valence-corrected chi connectivity index (χ0v) is 14.1. The minimum atomic E-state index is -1.21. The van der Waals surface area contributed by atoms with Crippen molar-refractivity contribution in [2.45, 2.75) is 32.0 Å². The monoisotopic (exact) mass is 353 g/mol. The van der Waals surface area contributed by atoms with Gasteiger partial charge in [0.1, 0.15) is 6.54 Å². The van der Waals surface area contributed by atoms with Crippen LogP contribution in [-0.2, 0) is 30.7 Å². The first kappa shape index (κ1) is 16.3. The van der Waals surface area contributed by atoms with Crippen LogP contribution in [-0.4, -0.2) is 44.6 Å². The number of hydrogen-bond donors (Lipinski definition) is 3. The normalized spacial score (nSPS) is 15.5. The van der Waals surface area contributed by atoms with Gasteiger partial charge >= 0.3 is 6.09 Å². The maximum absolute atomic E-state index is 12.0. The number of nitrogens with one attached hydrogen (secondary N) is 2. The molecule has 4 rings (SSSR count). The minimum Gasteiger partial charge on any atom is -0.465 e. The molecule has 0 radical (unpaired) electrons. The van der Waals surface area contributed by atoms with Gasteiger partial charge in [0, 0.05) is 24.3 Å². The van der Waals surface area contributed by atoms with Crippen LogP contribution in [0.25, 0.3) is 0 Å². The number of carboxylic acid groups (broad SMARTS) is 1. The van der Waals surface area contributed by atoms with E-state index in [9.17, 15) is 9.59 Å². The van der Waals surface area contributed by atoms with Crippen molar-refractivity contribution < 1.29 is 14.7 Å². The lowest BCUT2D eigenvalue weighted by Gasteiger charge is -2.14. The maximum atomic E-state index is 12.0. The van der Waals surface area contributed by atoms with E-state index in [1.54, 1.807) is 11.1 Å². The van der Waals surface area contributed by atoms with Crippen LogP contribution in [0, 0.1) is 0 Å². The first-order valence-corrected chi connectivity index (χ1v) is 8.51. The quantitative estimate of drug-likeness (QED) is 0.761. The number of carbonyl (C=O) groups excluding carboxylic acids is 1. The molecule has 1 aromatic carbocycles. The van der Waals surface area contributed by atoms with Crippen LogP contribution < -0.4 is 10.6 Å². The Kier molecular flexibility index (Phi) is 4.16. The molecule has 2 amide bonds. The van der Waals surface area contributed by atoms with Crippen molar-refractivity contribution in [1.29, 1.82) is 0 Å². The number of nitrogens with zero attached hydrogens (tertiary/aromatic N) is 3. The van der Waals surface area contributed by atoms with E-state index in [1.165, 1.54) is 11.1 Å². The third-order valence-corrected chi connectivity index (χ3v) is 4.78. The predicted octanol–water partition coefficient (Wildman–Crippen LogP) is 1.17. The van der Waals surface area contributed by atoms with Gasteiger partial charge in [-0.25, -0.2) is 14.8 Å². The van der Waals surface area contributed by atoms with Crippen LogP contribution in [0.15, 0.2) is 30.5 Å². The molecular weight excluding hydrogens is 334 g/mol. The van der Waals surface area contributed by atoms with E-state index in [1.807, 2.05) is 0 Å². The van der Waals surface area contributed by atoms with E-state index in [2.05, 4.69) is 44.9 Å². The number of carbonyl (C=O) groups is 2. The number of amides is 2. The number of fused-ring (bicyclic) bond motifs is 2. The van der Waals surface area contributed by atoms with Crippen molar-refractivity contribution in [3.8, 4) is 0 Å². The molecule has 2 heterocycles. The van der Waals surface area contributed by atoms with Gasteiger partial charge in [-0.15, -0.1) is 0 Å². The minimum absolute atomic E-state index is 0.234. The van der Waals surface area contributed by atoms with E-state index in [0.29, 0.717) is 19.0 Å². The van der Waals surface area contributed by atoms with Gasteiger partial charge in [-0.05, 0) is 24.0 Å². The summed E-state index contributed by atoms with van der Waals surface area (Å²) in [5.41, 5.74) is 4.42. The summed E-state index contributed by atoms with van der Waals surface area (Å²) in [6.45, 7) is 0.546. The Morgan fingerprint density at radius 3 is 2.58 bits per heavy atom. The Balaban J connectivity index is 1.38. The van der Waals surface area contributed by atoms with Crippen LogP contribution in [0.5, 0.6) is 0 Å². The topological polar surface area (TPSA) is 107 Å². The van der Waals surface area contributed by atoms with Crippen molar-refractivity contribution in [2.24, 2.45) is 0 Å². The summed E-state index contributed by atoms with van der Waals surface area (Å²) < 4.78 is 0. The summed E-state index contributed by atoms with van der Waals surface area (Å²) >= 11 is 0. The lowest BCUT2D eigenvalue weighted by Crippen LogP contribution is -2.36. The molecule has 0 bridgehead atoms. The van der Waals surface area contributed by atoms with Crippen molar-refractivity contribution in [2.75, 3.05) is 11.9 Å². The number of aromatic nitrogens is 2. The first-order chi connectivity index (χ1) is 12.6. The highest BCUT2D eigenvalue weighted by Gasteiger charge is 2.26. The molecule has 134 valence electrons. The van der Waals surface area contributed by atoms with Gasteiger partial charge in [0.2, 0.25) is 11.9 Å². The average Bonchev–Trinajstić information content (AvgIpc) is 3.22. The highest BCUT2D eigenvalue weighted by Crippen LogP contribution is 2.25. The molecule has 8 nitrogen and oxygen atoms in total. The molecule has 2 aromatic rings. The molecule has 0 unspecified atom stereocenters. The Hall–Kier alpha value is -3.16. The molecule has 0 spiro atoms.